The predicted molar refractivity (Wildman–Crippen MR) is 184 cm³/mol. The quantitative estimate of drug-likeness (QED) is 0.226. The molecule has 2 aromatic heterocycles. The zero-order valence-corrected chi connectivity index (χ0v) is 29.1. The molecule has 17 heteroatoms. The van der Waals surface area contributed by atoms with E-state index in [1.807, 2.05) is 11.0 Å². The van der Waals surface area contributed by atoms with Gasteiger partial charge >= 0.3 is 6.01 Å². The number of carbonyl (C=O) groups excluding carboxylic acids is 1. The van der Waals surface area contributed by atoms with E-state index in [-0.39, 0.29) is 105 Å². The average molecular weight is 760 g/mol. The Kier molecular flexibility index (Phi) is 7.70. The molecule has 1 amide bonds. The largest absolute Gasteiger partial charge is 0.489 e. The van der Waals surface area contributed by atoms with Crippen molar-refractivity contribution < 1.29 is 36.2 Å². The third kappa shape index (κ3) is 5.06. The van der Waals surface area contributed by atoms with E-state index < -0.39 is 53.6 Å². The summed E-state index contributed by atoms with van der Waals surface area (Å²) in [5, 5.41) is 10.1. The van der Waals surface area contributed by atoms with E-state index in [0.29, 0.717) is 19.4 Å². The summed E-state index contributed by atoms with van der Waals surface area (Å²) >= 11 is 7.87. The summed E-state index contributed by atoms with van der Waals surface area (Å²) in [6, 6.07) is 3.89. The molecule has 0 spiro atoms. The molecule has 4 aromatic rings. The molecule has 1 saturated carbocycles. The number of alkyl halides is 3. The Balaban J connectivity index is 1.19. The Morgan fingerprint density at radius 3 is 2.75 bits per heavy atom. The van der Waals surface area contributed by atoms with Crippen molar-refractivity contribution in [2.45, 2.75) is 55.8 Å². The third-order valence-corrected chi connectivity index (χ3v) is 12.7. The van der Waals surface area contributed by atoms with E-state index in [1.165, 1.54) is 11.0 Å². The van der Waals surface area contributed by atoms with E-state index >= 15 is 8.78 Å². The van der Waals surface area contributed by atoms with Gasteiger partial charge in [-0.1, -0.05) is 17.7 Å². The minimum atomic E-state index is -3.00. The zero-order valence-electron chi connectivity index (χ0n) is 27.5. The second-order valence-corrected chi connectivity index (χ2v) is 15.7. The molecule has 1 aliphatic carbocycles. The maximum Gasteiger partial charge on any atom is 0.319 e. The molecule has 52 heavy (non-hydrogen) atoms. The number of anilines is 2. The molecule has 4 aliphatic heterocycles. The molecule has 0 radical (unpaired) electrons. The maximum atomic E-state index is 17.3. The lowest BCUT2D eigenvalue weighted by molar-refractivity contribution is -0.133. The Labute approximate surface area is 302 Å². The molecule has 3 saturated heterocycles. The molecule has 4 atom stereocenters. The van der Waals surface area contributed by atoms with E-state index in [0.717, 1.165) is 30.4 Å². The number of nitriles is 1. The van der Waals surface area contributed by atoms with Crippen LogP contribution in [0.3, 0.4) is 0 Å². The number of nitrogen functional groups attached to an aromatic ring is 1. The van der Waals surface area contributed by atoms with Gasteiger partial charge in [0.05, 0.1) is 32.8 Å². The average Bonchev–Trinajstić information content (AvgIpc) is 3.53. The normalized spacial score (nSPS) is 26.4. The first-order valence-electron chi connectivity index (χ1n) is 17.1. The standard InChI is InChI=1S/C35H31ClF5N7O3S/c36-25-23(18-2-3-21(38)29-22(18)19(12-42)30(43)52-29)26(39)27-24-28(25)50-9-8-48(17-4-7-46(14-17)32(49)20-11-35(20,40)41)31(24)45-33(44-27)51-15-34-5-1-6-47(34)13-16(37)10-34/h2-3,16-17,20H,1,4-11,13-15,43H2/t16-,17+,20?,34+/m1/s1. The monoisotopic (exact) mass is 759 g/mol. The van der Waals surface area contributed by atoms with Crippen LogP contribution in [0, 0.1) is 28.9 Å². The molecule has 0 bridgehead atoms. The number of benzene rings is 2. The molecule has 1 unspecified atom stereocenters. The molecule has 4 fully saturated rings. The molecule has 272 valence electrons. The van der Waals surface area contributed by atoms with Crippen molar-refractivity contribution in [1.29, 1.82) is 5.26 Å². The molecular formula is C35H31ClF5N7O3S. The number of carbonyl (C=O) groups is 1. The first-order valence-corrected chi connectivity index (χ1v) is 18.3. The van der Waals surface area contributed by atoms with Crippen LogP contribution in [0.2, 0.25) is 5.02 Å². The van der Waals surface area contributed by atoms with Crippen molar-refractivity contribution in [2.24, 2.45) is 5.92 Å². The summed E-state index contributed by atoms with van der Waals surface area (Å²) in [6.45, 7) is 1.72. The number of fused-ring (bicyclic) bond motifs is 2. The van der Waals surface area contributed by atoms with Gasteiger partial charge in [-0.15, -0.1) is 11.3 Å². The fourth-order valence-electron chi connectivity index (χ4n) is 8.64. The van der Waals surface area contributed by atoms with Gasteiger partial charge in [0.15, 0.2) is 11.6 Å². The Hall–Kier alpha value is -4.20. The van der Waals surface area contributed by atoms with Crippen molar-refractivity contribution in [1.82, 2.24) is 19.8 Å². The van der Waals surface area contributed by atoms with Gasteiger partial charge < -0.3 is 25.0 Å². The fraction of sp³-hybridized carbons (Fsp3) is 0.486. The van der Waals surface area contributed by atoms with E-state index in [9.17, 15) is 23.2 Å². The Bertz CT molecular complexity index is 2230. The number of rotatable bonds is 6. The summed E-state index contributed by atoms with van der Waals surface area (Å²) in [6.07, 6.45) is 0.812. The highest BCUT2D eigenvalue weighted by molar-refractivity contribution is 7.23. The molecule has 2 aromatic carbocycles. The van der Waals surface area contributed by atoms with Gasteiger partial charge in [-0.25, -0.2) is 22.0 Å². The Morgan fingerprint density at radius 2 is 1.98 bits per heavy atom. The lowest BCUT2D eigenvalue weighted by atomic mass is 9.95. The molecular weight excluding hydrogens is 729 g/mol. The summed E-state index contributed by atoms with van der Waals surface area (Å²) in [4.78, 5) is 27.6. The summed E-state index contributed by atoms with van der Waals surface area (Å²) in [7, 11) is 0. The number of hydrogen-bond acceptors (Lipinski definition) is 10. The van der Waals surface area contributed by atoms with Crippen molar-refractivity contribution in [3.8, 4) is 29.0 Å². The highest BCUT2D eigenvalue weighted by atomic mass is 35.5. The van der Waals surface area contributed by atoms with E-state index in [4.69, 9.17) is 31.8 Å². The first kappa shape index (κ1) is 33.6. The van der Waals surface area contributed by atoms with Crippen molar-refractivity contribution in [2.75, 3.05) is 56.6 Å². The van der Waals surface area contributed by atoms with Crippen LogP contribution in [0.1, 0.15) is 37.7 Å². The lowest BCUT2D eigenvalue weighted by Gasteiger charge is -2.31. The van der Waals surface area contributed by atoms with Crippen LogP contribution in [0.25, 0.3) is 32.1 Å². The number of nitrogens with zero attached hydrogens (tertiary/aromatic N) is 6. The van der Waals surface area contributed by atoms with Gasteiger partial charge in [-0.05, 0) is 37.4 Å². The molecule has 9 rings (SSSR count). The van der Waals surface area contributed by atoms with Crippen LogP contribution in [-0.2, 0) is 4.79 Å². The van der Waals surface area contributed by atoms with Gasteiger partial charge in [-0.3, -0.25) is 9.69 Å². The van der Waals surface area contributed by atoms with Gasteiger partial charge in [0, 0.05) is 49.5 Å². The number of aromatic nitrogens is 2. The fourth-order valence-corrected chi connectivity index (χ4v) is 9.92. The second kappa shape index (κ2) is 11.9. The predicted octanol–water partition coefficient (Wildman–Crippen LogP) is 6.31. The van der Waals surface area contributed by atoms with Crippen molar-refractivity contribution >= 4 is 60.7 Å². The van der Waals surface area contributed by atoms with E-state index in [1.54, 1.807) is 0 Å². The molecule has 2 N–H and O–H groups in total. The minimum absolute atomic E-state index is 0.0252. The summed E-state index contributed by atoms with van der Waals surface area (Å²) in [5.41, 5.74) is 5.19. The topological polar surface area (TPSA) is 121 Å². The second-order valence-electron chi connectivity index (χ2n) is 14.3. The first-order chi connectivity index (χ1) is 24.9. The molecule has 6 heterocycles. The minimum Gasteiger partial charge on any atom is -0.489 e. The van der Waals surface area contributed by atoms with Crippen LogP contribution in [0.5, 0.6) is 11.8 Å². The number of nitrogens with two attached hydrogens (primary N) is 1. The van der Waals surface area contributed by atoms with E-state index in [2.05, 4.69) is 9.88 Å². The van der Waals surface area contributed by atoms with Crippen molar-refractivity contribution in [3.05, 3.63) is 34.4 Å². The highest BCUT2D eigenvalue weighted by Gasteiger charge is 2.62. The molecule has 10 nitrogen and oxygen atoms in total. The zero-order chi connectivity index (χ0) is 36.3. The van der Waals surface area contributed by atoms with Gasteiger partial charge in [0.25, 0.3) is 5.92 Å². The van der Waals surface area contributed by atoms with Gasteiger partial charge in [-0.2, -0.15) is 15.2 Å². The van der Waals surface area contributed by atoms with Gasteiger partial charge in [0.1, 0.15) is 53.5 Å². The van der Waals surface area contributed by atoms with Crippen LogP contribution >= 0.6 is 22.9 Å². The number of thiophene rings is 1. The van der Waals surface area contributed by atoms with Crippen molar-refractivity contribution in [3.63, 3.8) is 0 Å². The SMILES string of the molecule is N#Cc1c(N)sc2c(F)ccc(-c3c(Cl)c4c5c(nc(OC[C@@]67CCCN6C[C@H](F)C7)nc5c3F)N([C@H]3CCN(C(=O)C5CC5(F)F)C3)CCO4)c12. The maximum absolute atomic E-state index is 17.3. The number of hydrogen-bond donors (Lipinski definition) is 1. The van der Waals surface area contributed by atoms with Crippen LogP contribution in [-0.4, -0.2) is 95.3 Å². The lowest BCUT2D eigenvalue weighted by Crippen LogP contribution is -2.43. The summed E-state index contributed by atoms with van der Waals surface area (Å²) in [5.74, 6) is -6.22. The van der Waals surface area contributed by atoms with Crippen LogP contribution < -0.4 is 20.1 Å². The number of ether oxygens (including phenoxy) is 2. The molecule has 5 aliphatic rings. The number of amides is 1. The van der Waals surface area contributed by atoms with Gasteiger partial charge in [0.2, 0.25) is 5.91 Å². The number of halogens is 6. The summed E-state index contributed by atoms with van der Waals surface area (Å²) < 4.78 is 87.0. The smallest absolute Gasteiger partial charge is 0.319 e. The third-order valence-electron chi connectivity index (χ3n) is 11.3. The van der Waals surface area contributed by atoms with Crippen LogP contribution in [0.4, 0.5) is 32.8 Å². The Morgan fingerprint density at radius 1 is 1.17 bits per heavy atom. The highest BCUT2D eigenvalue weighted by Crippen LogP contribution is 2.52. The number of likely N-dealkylation sites (tertiary alicyclic amines) is 1. The van der Waals surface area contributed by atoms with Crippen LogP contribution in [0.15, 0.2) is 12.1 Å².